The molecule has 1 amide bonds. The van der Waals surface area contributed by atoms with E-state index in [0.717, 1.165) is 94.4 Å². The lowest BCUT2D eigenvalue weighted by Crippen LogP contribution is -2.52. The van der Waals surface area contributed by atoms with E-state index < -0.39 is 6.10 Å². The molecule has 5 N–H and O–H groups in total. The van der Waals surface area contributed by atoms with Crippen LogP contribution in [0.2, 0.25) is 0 Å². The molecule has 3 aliphatic rings. The van der Waals surface area contributed by atoms with E-state index in [-0.39, 0.29) is 29.5 Å². The lowest BCUT2D eigenvalue weighted by molar-refractivity contribution is -0.0336. The summed E-state index contributed by atoms with van der Waals surface area (Å²) in [5, 5.41) is 27.9. The molecule has 0 saturated carbocycles. The number of piperidine rings is 3. The summed E-state index contributed by atoms with van der Waals surface area (Å²) < 4.78 is 12.1. The molecular formula is C40H50N4O6. The Morgan fingerprint density at radius 2 is 1.66 bits per heavy atom. The number of alkyl carbamates (subject to hydrolysis) is 1. The number of carbonyl (C=O) groups is 1. The number of unbranched alkanes of at least 4 members (excludes halogenated alkanes) is 5. The number of aromatic amines is 1. The zero-order valence-electron chi connectivity index (χ0n) is 28.7. The fraction of sp³-hybridized carbons (Fsp3) is 0.450. The first-order valence-corrected chi connectivity index (χ1v) is 18.2. The first-order chi connectivity index (χ1) is 24.4. The third-order valence-electron chi connectivity index (χ3n) is 10.1. The van der Waals surface area contributed by atoms with E-state index in [9.17, 15) is 19.8 Å². The lowest BCUT2D eigenvalue weighted by atomic mass is 9.86. The number of amides is 1. The number of fused-ring (bicyclic) bond motifs is 4. The summed E-state index contributed by atoms with van der Waals surface area (Å²) >= 11 is 0. The predicted molar refractivity (Wildman–Crippen MR) is 195 cm³/mol. The summed E-state index contributed by atoms with van der Waals surface area (Å²) in [6.07, 6.45) is 7.45. The van der Waals surface area contributed by atoms with Crippen molar-refractivity contribution in [3.8, 4) is 11.5 Å². The van der Waals surface area contributed by atoms with E-state index in [2.05, 4.69) is 20.5 Å². The van der Waals surface area contributed by atoms with Crippen molar-refractivity contribution in [1.29, 1.82) is 0 Å². The molecule has 3 aromatic carbocycles. The van der Waals surface area contributed by atoms with Gasteiger partial charge in [-0.3, -0.25) is 9.69 Å². The molecule has 1 aromatic heterocycles. The average molecular weight is 683 g/mol. The highest BCUT2D eigenvalue weighted by atomic mass is 16.6. The average Bonchev–Trinajstić information content (AvgIpc) is 3.14. The summed E-state index contributed by atoms with van der Waals surface area (Å²) in [5.74, 6) is 1.23. The maximum atomic E-state index is 13.1. The topological polar surface area (TPSA) is 136 Å². The van der Waals surface area contributed by atoms with Crippen LogP contribution in [-0.2, 0) is 4.74 Å². The van der Waals surface area contributed by atoms with E-state index in [4.69, 9.17) is 9.47 Å². The SMILES string of the molecule is O=C(NC(c1ccccc1)c1cccc(OCCCCCCCCNC[C@@H](O)c2ccc(O)c3[nH]c(=O)ccc23)c1)O[C@H]1CN2CCC1CC2. The molecule has 3 saturated heterocycles. The number of rotatable bonds is 17. The third-order valence-corrected chi connectivity index (χ3v) is 10.1. The van der Waals surface area contributed by atoms with Crippen LogP contribution in [0.25, 0.3) is 10.9 Å². The number of pyridine rings is 1. The van der Waals surface area contributed by atoms with Crippen molar-refractivity contribution >= 4 is 17.0 Å². The highest BCUT2D eigenvalue weighted by Crippen LogP contribution is 2.31. The fourth-order valence-electron chi connectivity index (χ4n) is 7.27. The molecule has 4 aromatic rings. The van der Waals surface area contributed by atoms with Crippen molar-refractivity contribution in [1.82, 2.24) is 20.5 Å². The zero-order valence-corrected chi connectivity index (χ0v) is 28.7. The van der Waals surface area contributed by atoms with Gasteiger partial charge in [0.05, 0.1) is 24.3 Å². The molecular weight excluding hydrogens is 632 g/mol. The highest BCUT2D eigenvalue weighted by Gasteiger charge is 2.37. The lowest BCUT2D eigenvalue weighted by Gasteiger charge is -2.43. The maximum absolute atomic E-state index is 13.1. The van der Waals surface area contributed by atoms with Crippen LogP contribution in [-0.4, -0.2) is 71.6 Å². The molecule has 0 radical (unpaired) electrons. The Morgan fingerprint density at radius 3 is 2.44 bits per heavy atom. The number of aliphatic hydroxyl groups is 1. The van der Waals surface area contributed by atoms with Gasteiger partial charge >= 0.3 is 6.09 Å². The van der Waals surface area contributed by atoms with Crippen LogP contribution in [0.5, 0.6) is 11.5 Å². The number of benzene rings is 3. The number of nitrogens with zero attached hydrogens (tertiary/aromatic N) is 1. The standard InChI is InChI=1S/C40H50N4O6/c45-34-17-15-32(33-16-18-37(47)42-39(33)34)35(46)26-41-21-8-3-1-2-4-9-24-49-31-14-10-13-30(25-31)38(29-11-6-5-7-12-29)43-40(48)50-36-27-44-22-19-28(36)20-23-44/h5-7,10-18,25,28,35-36,38,41,45-46H,1-4,8-9,19-24,26-27H2,(H,42,47)(H,43,48)/t35-,36+,38?/m1/s1. The van der Waals surface area contributed by atoms with Gasteiger partial charge in [-0.25, -0.2) is 4.79 Å². The van der Waals surface area contributed by atoms with Gasteiger partial charge in [-0.05, 0) is 92.2 Å². The number of carbonyl (C=O) groups excluding carboxylic acids is 1. The van der Waals surface area contributed by atoms with Crippen LogP contribution in [0.4, 0.5) is 4.79 Å². The predicted octanol–water partition coefficient (Wildman–Crippen LogP) is 6.19. The number of ether oxygens (including phenoxy) is 2. The van der Waals surface area contributed by atoms with Gasteiger partial charge in [-0.15, -0.1) is 0 Å². The Hall–Kier alpha value is -4.38. The molecule has 3 aliphatic heterocycles. The number of hydrogen-bond donors (Lipinski definition) is 5. The number of aromatic nitrogens is 1. The van der Waals surface area contributed by atoms with E-state index >= 15 is 0 Å². The minimum atomic E-state index is -0.749. The van der Waals surface area contributed by atoms with Crippen LogP contribution in [0.15, 0.2) is 83.7 Å². The Bertz CT molecular complexity index is 1740. The van der Waals surface area contributed by atoms with Gasteiger partial charge in [-0.1, -0.05) is 74.2 Å². The van der Waals surface area contributed by atoms with E-state index in [1.165, 1.54) is 12.1 Å². The Morgan fingerprint density at radius 1 is 0.900 bits per heavy atom. The molecule has 10 heteroatoms. The fourth-order valence-corrected chi connectivity index (χ4v) is 7.27. The van der Waals surface area contributed by atoms with Gasteiger partial charge in [0, 0.05) is 24.5 Å². The first kappa shape index (κ1) is 35.4. The molecule has 10 nitrogen and oxygen atoms in total. The molecule has 2 bridgehead atoms. The van der Waals surface area contributed by atoms with Crippen LogP contribution in [0, 0.1) is 5.92 Å². The number of nitrogens with one attached hydrogen (secondary N) is 3. The summed E-state index contributed by atoms with van der Waals surface area (Å²) in [6, 6.07) is 23.8. The van der Waals surface area contributed by atoms with Crippen LogP contribution in [0.3, 0.4) is 0 Å². The van der Waals surface area contributed by atoms with Gasteiger partial charge in [0.1, 0.15) is 17.6 Å². The van der Waals surface area contributed by atoms with E-state index in [1.807, 2.05) is 54.6 Å². The van der Waals surface area contributed by atoms with Crippen LogP contribution >= 0.6 is 0 Å². The van der Waals surface area contributed by atoms with Crippen molar-refractivity contribution in [3.05, 3.63) is 106 Å². The molecule has 7 rings (SSSR count). The summed E-state index contributed by atoms with van der Waals surface area (Å²) in [5.41, 5.74) is 2.66. The molecule has 266 valence electrons. The summed E-state index contributed by atoms with van der Waals surface area (Å²) in [7, 11) is 0. The van der Waals surface area contributed by atoms with E-state index in [1.54, 1.807) is 12.1 Å². The second kappa shape index (κ2) is 17.5. The Labute approximate surface area is 293 Å². The smallest absolute Gasteiger partial charge is 0.408 e. The summed E-state index contributed by atoms with van der Waals surface area (Å²) in [6.45, 7) is 4.86. The molecule has 50 heavy (non-hydrogen) atoms. The van der Waals surface area contributed by atoms with Crippen molar-refractivity contribution in [3.63, 3.8) is 0 Å². The number of hydrogen-bond acceptors (Lipinski definition) is 8. The highest BCUT2D eigenvalue weighted by molar-refractivity contribution is 5.87. The number of aromatic hydroxyl groups is 1. The largest absolute Gasteiger partial charge is 0.506 e. The number of phenolic OH excluding ortho intramolecular Hbond substituents is 1. The van der Waals surface area contributed by atoms with Crippen LogP contribution in [0.1, 0.15) is 80.2 Å². The van der Waals surface area contributed by atoms with Crippen molar-refractivity contribution in [2.45, 2.75) is 69.6 Å². The minimum absolute atomic E-state index is 0.0121. The maximum Gasteiger partial charge on any atom is 0.408 e. The van der Waals surface area contributed by atoms with Gasteiger partial charge in [-0.2, -0.15) is 0 Å². The normalized spacial score (nSPS) is 19.6. The van der Waals surface area contributed by atoms with Gasteiger partial charge in [0.25, 0.3) is 0 Å². The molecule has 3 atom stereocenters. The molecule has 0 aliphatic carbocycles. The monoisotopic (exact) mass is 682 g/mol. The van der Waals surface area contributed by atoms with Crippen molar-refractivity contribution in [2.75, 3.05) is 39.3 Å². The first-order valence-electron chi connectivity index (χ1n) is 18.2. The second-order valence-corrected chi connectivity index (χ2v) is 13.6. The number of aliphatic hydroxyl groups excluding tert-OH is 1. The minimum Gasteiger partial charge on any atom is -0.506 e. The van der Waals surface area contributed by atoms with E-state index in [0.29, 0.717) is 35.5 Å². The van der Waals surface area contributed by atoms with Crippen molar-refractivity contribution in [2.24, 2.45) is 5.92 Å². The van der Waals surface area contributed by atoms with Gasteiger partial charge < -0.3 is 35.3 Å². The molecule has 0 spiro atoms. The second-order valence-electron chi connectivity index (χ2n) is 13.6. The van der Waals surface area contributed by atoms with Gasteiger partial charge in [0.15, 0.2) is 0 Å². The molecule has 4 heterocycles. The molecule has 3 fully saturated rings. The van der Waals surface area contributed by atoms with Gasteiger partial charge in [0.2, 0.25) is 5.56 Å². The zero-order chi connectivity index (χ0) is 34.7. The number of H-pyrrole nitrogens is 1. The third kappa shape index (κ3) is 9.44. The number of phenols is 1. The van der Waals surface area contributed by atoms with Crippen LogP contribution < -0.4 is 20.9 Å². The molecule has 1 unspecified atom stereocenters. The Kier molecular flexibility index (Phi) is 12.4. The Balaban J connectivity index is 0.880. The quantitative estimate of drug-likeness (QED) is 0.0833. The van der Waals surface area contributed by atoms with Crippen molar-refractivity contribution < 1.29 is 24.5 Å². The summed E-state index contributed by atoms with van der Waals surface area (Å²) in [4.78, 5) is 29.8.